The third kappa shape index (κ3) is 5.40. The highest BCUT2D eigenvalue weighted by Crippen LogP contribution is 2.28. The second-order valence-electron chi connectivity index (χ2n) is 5.63. The zero-order valence-electron chi connectivity index (χ0n) is 12.3. The smallest absolute Gasteiger partial charge is 0.412 e. The molecule has 6 heteroatoms. The summed E-state index contributed by atoms with van der Waals surface area (Å²) >= 11 is 1.28. The van der Waals surface area contributed by atoms with Gasteiger partial charge in [-0.05, 0) is 33.6 Å². The highest BCUT2D eigenvalue weighted by atomic mass is 32.2. The molecule has 2 atom stereocenters. The Labute approximate surface area is 119 Å². The first-order chi connectivity index (χ1) is 8.73. The summed E-state index contributed by atoms with van der Waals surface area (Å²) < 4.78 is 10.7. The zero-order chi connectivity index (χ0) is 14.6. The molecule has 1 fully saturated rings. The average molecular weight is 289 g/mol. The van der Waals surface area contributed by atoms with Crippen LogP contribution in [0.25, 0.3) is 0 Å². The molecule has 0 aromatic carbocycles. The van der Waals surface area contributed by atoms with Gasteiger partial charge in [-0.1, -0.05) is 11.8 Å². The summed E-state index contributed by atoms with van der Waals surface area (Å²) in [6, 6.07) is 0. The molecule has 1 aliphatic heterocycles. The fourth-order valence-corrected chi connectivity index (χ4v) is 2.96. The number of thioether (sulfide) groups is 1. The van der Waals surface area contributed by atoms with Crippen molar-refractivity contribution in [3.05, 3.63) is 0 Å². The second-order valence-corrected chi connectivity index (χ2v) is 7.11. The largest absolute Gasteiger partial charge is 0.444 e. The maximum Gasteiger partial charge on any atom is 0.412 e. The van der Waals surface area contributed by atoms with Crippen LogP contribution in [-0.4, -0.2) is 46.8 Å². The van der Waals surface area contributed by atoms with Crippen LogP contribution in [0.15, 0.2) is 0 Å². The van der Waals surface area contributed by atoms with Crippen molar-refractivity contribution < 1.29 is 19.1 Å². The Morgan fingerprint density at radius 2 is 1.89 bits per heavy atom. The number of likely N-dealkylation sites (tertiary alicyclic amines) is 1. The Bertz CT molecular complexity index is 340. The number of nitrogens with zero attached hydrogens (tertiary/aromatic N) is 1. The quantitative estimate of drug-likeness (QED) is 0.782. The molecule has 0 spiro atoms. The van der Waals surface area contributed by atoms with E-state index in [2.05, 4.69) is 0 Å². The van der Waals surface area contributed by atoms with Crippen molar-refractivity contribution >= 4 is 23.0 Å². The van der Waals surface area contributed by atoms with Gasteiger partial charge in [0.1, 0.15) is 11.8 Å². The molecule has 0 aromatic rings. The lowest BCUT2D eigenvalue weighted by Gasteiger charge is -2.38. The lowest BCUT2D eigenvalue weighted by atomic mass is 10.1. The van der Waals surface area contributed by atoms with Crippen LogP contribution in [0.2, 0.25) is 0 Å². The number of hydrogen-bond donors (Lipinski definition) is 0. The van der Waals surface area contributed by atoms with Crippen molar-refractivity contribution in [3.8, 4) is 0 Å². The van der Waals surface area contributed by atoms with Gasteiger partial charge in [-0.3, -0.25) is 9.69 Å². The maximum atomic E-state index is 12.1. The molecule has 1 heterocycles. The molecule has 0 aromatic heterocycles. The number of amides is 1. The van der Waals surface area contributed by atoms with Crippen LogP contribution >= 0.6 is 11.8 Å². The van der Waals surface area contributed by atoms with Crippen molar-refractivity contribution in [2.75, 3.05) is 13.7 Å². The minimum absolute atomic E-state index is 0.0741. The fraction of sp³-hybridized carbons (Fsp3) is 0.846. The van der Waals surface area contributed by atoms with Gasteiger partial charge in [-0.2, -0.15) is 0 Å². The van der Waals surface area contributed by atoms with E-state index >= 15 is 0 Å². The first-order valence-corrected chi connectivity index (χ1v) is 7.30. The number of piperidine rings is 1. The topological polar surface area (TPSA) is 55.8 Å². The Balaban J connectivity index is 2.69. The summed E-state index contributed by atoms with van der Waals surface area (Å²) in [5.41, 5.74) is -0.532. The molecule has 5 nitrogen and oxygen atoms in total. The minimum atomic E-state index is -0.532. The number of methoxy groups -OCH3 is 1. The number of rotatable bonds is 2. The van der Waals surface area contributed by atoms with Gasteiger partial charge in [-0.25, -0.2) is 4.79 Å². The van der Waals surface area contributed by atoms with E-state index in [9.17, 15) is 9.59 Å². The third-order valence-electron chi connectivity index (χ3n) is 2.72. The number of carbonyl (C=O) groups is 2. The van der Waals surface area contributed by atoms with Gasteiger partial charge in [-0.15, -0.1) is 0 Å². The van der Waals surface area contributed by atoms with Crippen LogP contribution in [0.5, 0.6) is 0 Å². The van der Waals surface area contributed by atoms with Gasteiger partial charge in [0.25, 0.3) is 0 Å². The van der Waals surface area contributed by atoms with Crippen LogP contribution < -0.4 is 0 Å². The van der Waals surface area contributed by atoms with Gasteiger partial charge in [0, 0.05) is 25.8 Å². The van der Waals surface area contributed by atoms with E-state index in [1.165, 1.54) is 11.8 Å². The molecule has 1 amide bonds. The summed E-state index contributed by atoms with van der Waals surface area (Å²) in [7, 11) is 1.58. The van der Waals surface area contributed by atoms with E-state index in [0.29, 0.717) is 6.54 Å². The van der Waals surface area contributed by atoms with Gasteiger partial charge >= 0.3 is 6.09 Å². The van der Waals surface area contributed by atoms with Gasteiger partial charge in [0.15, 0.2) is 5.12 Å². The molecular formula is C13H23NO4S. The maximum absolute atomic E-state index is 12.1. The highest BCUT2D eigenvalue weighted by Gasteiger charge is 2.35. The van der Waals surface area contributed by atoms with Gasteiger partial charge in [0.2, 0.25) is 0 Å². The molecule has 0 saturated carbocycles. The van der Waals surface area contributed by atoms with Gasteiger partial charge in [0.05, 0.1) is 0 Å². The minimum Gasteiger partial charge on any atom is -0.444 e. The predicted molar refractivity (Wildman–Crippen MR) is 75.0 cm³/mol. The molecule has 0 N–H and O–H groups in total. The van der Waals surface area contributed by atoms with Crippen molar-refractivity contribution in [2.45, 2.75) is 57.6 Å². The lowest BCUT2D eigenvalue weighted by Crippen LogP contribution is -2.50. The monoisotopic (exact) mass is 289 g/mol. The molecule has 0 bridgehead atoms. The van der Waals surface area contributed by atoms with E-state index in [-0.39, 0.29) is 22.7 Å². The first-order valence-electron chi connectivity index (χ1n) is 6.42. The molecular weight excluding hydrogens is 266 g/mol. The number of hydrogen-bond acceptors (Lipinski definition) is 5. The van der Waals surface area contributed by atoms with Crippen LogP contribution in [0.4, 0.5) is 4.79 Å². The van der Waals surface area contributed by atoms with E-state index in [1.807, 2.05) is 20.8 Å². The predicted octanol–water partition coefficient (Wildman–Crippen LogP) is 2.64. The van der Waals surface area contributed by atoms with Crippen LogP contribution in [0.3, 0.4) is 0 Å². The van der Waals surface area contributed by atoms with Crippen LogP contribution in [0.1, 0.15) is 40.5 Å². The molecule has 0 aliphatic carbocycles. The fourth-order valence-electron chi connectivity index (χ4n) is 2.00. The third-order valence-corrected chi connectivity index (χ3v) is 3.77. The Morgan fingerprint density at radius 3 is 2.37 bits per heavy atom. The summed E-state index contributed by atoms with van der Waals surface area (Å²) in [5, 5.41) is 0.196. The van der Waals surface area contributed by atoms with Crippen molar-refractivity contribution in [1.29, 1.82) is 0 Å². The normalized spacial score (nSPS) is 24.2. The van der Waals surface area contributed by atoms with E-state index in [0.717, 1.165) is 12.8 Å². The molecule has 110 valence electrons. The van der Waals surface area contributed by atoms with E-state index in [1.54, 1.807) is 18.9 Å². The standard InChI is InChI=1S/C13H23NO4S/c1-9(15)19-10-6-7-11(17-5)14(8-10)12(16)18-13(2,3)4/h10-11H,6-8H2,1-5H3. The molecule has 0 radical (unpaired) electrons. The Hall–Kier alpha value is -0.750. The summed E-state index contributed by atoms with van der Waals surface area (Å²) in [6.45, 7) is 7.53. The van der Waals surface area contributed by atoms with Crippen LogP contribution in [-0.2, 0) is 14.3 Å². The van der Waals surface area contributed by atoms with E-state index < -0.39 is 5.60 Å². The van der Waals surface area contributed by atoms with Crippen molar-refractivity contribution in [2.24, 2.45) is 0 Å². The molecule has 19 heavy (non-hydrogen) atoms. The Morgan fingerprint density at radius 1 is 1.26 bits per heavy atom. The van der Waals surface area contributed by atoms with Crippen LogP contribution in [0, 0.1) is 0 Å². The average Bonchev–Trinajstić information content (AvgIpc) is 2.25. The lowest BCUT2D eigenvalue weighted by molar-refractivity contribution is -0.109. The highest BCUT2D eigenvalue weighted by molar-refractivity contribution is 8.14. The first kappa shape index (κ1) is 16.3. The molecule has 2 unspecified atom stereocenters. The van der Waals surface area contributed by atoms with Gasteiger partial charge < -0.3 is 9.47 Å². The Kier molecular flexibility index (Phi) is 5.67. The molecule has 1 aliphatic rings. The molecule has 1 rings (SSSR count). The van der Waals surface area contributed by atoms with Crippen molar-refractivity contribution in [3.63, 3.8) is 0 Å². The zero-order valence-corrected chi connectivity index (χ0v) is 13.1. The number of ether oxygens (including phenoxy) is 2. The SMILES string of the molecule is COC1CCC(SC(C)=O)CN1C(=O)OC(C)(C)C. The summed E-state index contributed by atoms with van der Waals surface area (Å²) in [6.07, 6.45) is 0.940. The summed E-state index contributed by atoms with van der Waals surface area (Å²) in [5.74, 6) is 0. The second kappa shape index (κ2) is 6.61. The summed E-state index contributed by atoms with van der Waals surface area (Å²) in [4.78, 5) is 24.9. The van der Waals surface area contributed by atoms with E-state index in [4.69, 9.17) is 9.47 Å². The number of carbonyl (C=O) groups excluding carboxylic acids is 2. The molecule has 1 saturated heterocycles. The van der Waals surface area contributed by atoms with Crippen molar-refractivity contribution in [1.82, 2.24) is 4.90 Å².